The number of benzene rings is 1. The van der Waals surface area contributed by atoms with Crippen molar-refractivity contribution < 1.29 is 55.7 Å². The summed E-state index contributed by atoms with van der Waals surface area (Å²) in [6.45, 7) is 4.26. The molecule has 6 rings (SSSR count). The van der Waals surface area contributed by atoms with Gasteiger partial charge < -0.3 is 29.3 Å². The topological polar surface area (TPSA) is 142 Å². The number of alkyl halides is 6. The fourth-order valence-electron chi connectivity index (χ4n) is 5.78. The summed E-state index contributed by atoms with van der Waals surface area (Å²) < 4.78 is 71.8. The van der Waals surface area contributed by atoms with Gasteiger partial charge in [0.15, 0.2) is 5.75 Å². The van der Waals surface area contributed by atoms with Crippen LogP contribution in [0.15, 0.2) is 53.5 Å². The van der Waals surface area contributed by atoms with Crippen molar-refractivity contribution in [2.75, 3.05) is 33.3 Å². The second kappa shape index (κ2) is 15.9. The lowest BCUT2D eigenvalue weighted by molar-refractivity contribution is -0.193. The van der Waals surface area contributed by atoms with Crippen molar-refractivity contribution in [1.29, 1.82) is 0 Å². The maximum absolute atomic E-state index is 13.9. The SMILES string of the molecule is COc1c(C(=O)N2CCC[C@H]2CN2CCCC2)sc2c1c(=O)n(Cc1ccccn1)c1ccccc21.O=C(O)C(F)(F)F.O=C(O)C(F)(F)F. The summed E-state index contributed by atoms with van der Waals surface area (Å²) in [5.41, 5.74) is 1.48. The molecule has 0 spiro atoms. The molecule has 0 unspecified atom stereocenters. The quantitative estimate of drug-likeness (QED) is 0.241. The van der Waals surface area contributed by atoms with Gasteiger partial charge in [0, 0.05) is 30.7 Å². The average Bonchev–Trinajstić information content (AvgIpc) is 3.84. The van der Waals surface area contributed by atoms with E-state index in [0.29, 0.717) is 22.6 Å². The van der Waals surface area contributed by atoms with Gasteiger partial charge in [0.1, 0.15) is 10.3 Å². The average molecular weight is 731 g/mol. The Bertz CT molecular complexity index is 1870. The highest BCUT2D eigenvalue weighted by molar-refractivity contribution is 7.22. The van der Waals surface area contributed by atoms with Gasteiger partial charge in [0.25, 0.3) is 11.5 Å². The number of hydrogen-bond donors (Lipinski definition) is 2. The van der Waals surface area contributed by atoms with E-state index < -0.39 is 24.3 Å². The number of para-hydroxylation sites is 1. The van der Waals surface area contributed by atoms with Crippen LogP contribution in [0.3, 0.4) is 0 Å². The number of carbonyl (C=O) groups excluding carboxylic acids is 1. The molecule has 11 nitrogen and oxygen atoms in total. The Labute approximate surface area is 284 Å². The number of aromatic nitrogens is 2. The predicted octanol–water partition coefficient (Wildman–Crippen LogP) is 5.64. The van der Waals surface area contributed by atoms with Gasteiger partial charge in [-0.1, -0.05) is 24.3 Å². The van der Waals surface area contributed by atoms with Crippen LogP contribution in [0, 0.1) is 0 Å². The Hall–Kier alpha value is -4.71. The van der Waals surface area contributed by atoms with Gasteiger partial charge in [-0.25, -0.2) is 9.59 Å². The molecule has 1 aromatic carbocycles. The van der Waals surface area contributed by atoms with Crippen molar-refractivity contribution in [2.24, 2.45) is 0 Å². The van der Waals surface area contributed by atoms with Crippen LogP contribution < -0.4 is 10.3 Å². The molecule has 0 bridgehead atoms. The molecule has 2 N–H and O–H groups in total. The Morgan fingerprint density at radius 2 is 1.52 bits per heavy atom. The van der Waals surface area contributed by atoms with Gasteiger partial charge in [0.05, 0.1) is 29.6 Å². The summed E-state index contributed by atoms with van der Waals surface area (Å²) in [6.07, 6.45) is -3.92. The monoisotopic (exact) mass is 730 g/mol. The predicted molar refractivity (Wildman–Crippen MR) is 171 cm³/mol. The van der Waals surface area contributed by atoms with Gasteiger partial charge in [-0.05, 0) is 57.0 Å². The molecule has 0 radical (unpaired) electrons. The zero-order valence-corrected chi connectivity index (χ0v) is 27.3. The summed E-state index contributed by atoms with van der Waals surface area (Å²) in [5, 5.41) is 15.7. The van der Waals surface area contributed by atoms with Crippen molar-refractivity contribution in [2.45, 2.75) is 50.6 Å². The number of methoxy groups -OCH3 is 1. The molecule has 2 aliphatic heterocycles. The number of carbonyl (C=O) groups is 3. The Kier molecular flexibility index (Phi) is 12.1. The number of rotatable bonds is 6. The van der Waals surface area contributed by atoms with Crippen LogP contribution in [-0.2, 0) is 16.1 Å². The molecule has 2 fully saturated rings. The molecule has 0 saturated carbocycles. The van der Waals surface area contributed by atoms with E-state index in [4.69, 9.17) is 24.5 Å². The number of carboxylic acid groups (broad SMARTS) is 2. The zero-order chi connectivity index (χ0) is 36.8. The molecule has 2 saturated heterocycles. The van der Waals surface area contributed by atoms with Crippen molar-refractivity contribution in [3.8, 4) is 5.75 Å². The molecule has 270 valence electrons. The third kappa shape index (κ3) is 8.90. The molecule has 2 aliphatic rings. The number of ether oxygens (including phenoxy) is 1. The molecule has 50 heavy (non-hydrogen) atoms. The van der Waals surface area contributed by atoms with Crippen molar-refractivity contribution >= 4 is 50.2 Å². The second-order valence-corrected chi connectivity index (χ2v) is 12.3. The number of nitrogens with zero attached hydrogens (tertiary/aromatic N) is 4. The summed E-state index contributed by atoms with van der Waals surface area (Å²) in [7, 11) is 1.56. The lowest BCUT2D eigenvalue weighted by atomic mass is 10.1. The summed E-state index contributed by atoms with van der Waals surface area (Å²) >= 11 is 1.39. The zero-order valence-electron chi connectivity index (χ0n) is 26.5. The van der Waals surface area contributed by atoms with E-state index in [2.05, 4.69) is 9.88 Å². The highest BCUT2D eigenvalue weighted by Gasteiger charge is 2.39. The summed E-state index contributed by atoms with van der Waals surface area (Å²) in [6, 6.07) is 13.8. The van der Waals surface area contributed by atoms with Crippen molar-refractivity contribution in [3.63, 3.8) is 0 Å². The fraction of sp³-hybridized carbons (Fsp3) is 0.406. The van der Waals surface area contributed by atoms with Crippen LogP contribution in [-0.4, -0.2) is 99.1 Å². The fourth-order valence-corrected chi connectivity index (χ4v) is 7.03. The molecule has 5 heterocycles. The van der Waals surface area contributed by atoms with Gasteiger partial charge in [-0.15, -0.1) is 11.3 Å². The molecular formula is C32H32F6N4O7S. The third-order valence-electron chi connectivity index (χ3n) is 8.00. The van der Waals surface area contributed by atoms with Crippen LogP contribution in [0.2, 0.25) is 0 Å². The number of pyridine rings is 2. The van der Waals surface area contributed by atoms with Crippen LogP contribution in [0.4, 0.5) is 26.3 Å². The molecule has 1 atom stereocenters. The minimum atomic E-state index is -5.08. The van der Waals surface area contributed by atoms with Crippen LogP contribution in [0.1, 0.15) is 41.0 Å². The largest absolute Gasteiger partial charge is 0.494 e. The first-order chi connectivity index (χ1) is 23.5. The maximum Gasteiger partial charge on any atom is 0.490 e. The lowest BCUT2D eigenvalue weighted by Gasteiger charge is -2.28. The van der Waals surface area contributed by atoms with Gasteiger partial charge in [-0.3, -0.25) is 14.6 Å². The highest BCUT2D eigenvalue weighted by Crippen LogP contribution is 2.41. The van der Waals surface area contributed by atoms with Crippen molar-refractivity contribution in [3.05, 3.63) is 69.6 Å². The Morgan fingerprint density at radius 1 is 0.920 bits per heavy atom. The second-order valence-electron chi connectivity index (χ2n) is 11.3. The van der Waals surface area contributed by atoms with E-state index in [1.54, 1.807) is 17.9 Å². The van der Waals surface area contributed by atoms with Crippen LogP contribution in [0.25, 0.3) is 21.0 Å². The first kappa shape index (κ1) is 38.1. The number of halogens is 6. The molecule has 3 aromatic heterocycles. The molecule has 0 aliphatic carbocycles. The first-order valence-electron chi connectivity index (χ1n) is 15.2. The number of fused-ring (bicyclic) bond motifs is 3. The molecular weight excluding hydrogens is 698 g/mol. The van der Waals surface area contributed by atoms with E-state index in [0.717, 1.165) is 60.3 Å². The number of aliphatic carboxylic acids is 2. The Balaban J connectivity index is 0.000000340. The minimum Gasteiger partial charge on any atom is -0.494 e. The van der Waals surface area contributed by atoms with E-state index in [1.165, 1.54) is 24.2 Å². The number of likely N-dealkylation sites (tertiary alicyclic amines) is 2. The molecule has 4 aromatic rings. The summed E-state index contributed by atoms with van der Waals surface area (Å²) in [5.74, 6) is -5.13. The summed E-state index contributed by atoms with van der Waals surface area (Å²) in [4.78, 5) is 55.1. The number of carboxylic acids is 2. The van der Waals surface area contributed by atoms with E-state index in [1.807, 2.05) is 47.4 Å². The standard InChI is InChI=1S/C28H30N4O3S.2C2HF3O2/c1-35-24-23-25(36-26(24)28(34)31-16-8-10-20(31)18-30-14-6-7-15-30)21-11-2-3-12-22(21)32(27(23)33)17-19-9-4-5-13-29-19;2*3-2(4,5)1(6)7/h2-5,9,11-13,20H,6-8,10,14-18H2,1H3;2*(H,6,7)/t20-;;/m0../s1. The van der Waals surface area contributed by atoms with Gasteiger partial charge in [0.2, 0.25) is 0 Å². The van der Waals surface area contributed by atoms with Crippen LogP contribution in [0.5, 0.6) is 5.75 Å². The van der Waals surface area contributed by atoms with Gasteiger partial charge >= 0.3 is 24.3 Å². The highest BCUT2D eigenvalue weighted by atomic mass is 32.1. The maximum atomic E-state index is 13.9. The first-order valence-corrected chi connectivity index (χ1v) is 16.0. The van der Waals surface area contributed by atoms with Gasteiger partial charge in [-0.2, -0.15) is 26.3 Å². The molecule has 18 heteroatoms. The molecule has 1 amide bonds. The van der Waals surface area contributed by atoms with E-state index in [-0.39, 0.29) is 17.5 Å². The number of amides is 1. The van der Waals surface area contributed by atoms with E-state index in [9.17, 15) is 35.9 Å². The van der Waals surface area contributed by atoms with Crippen molar-refractivity contribution in [1.82, 2.24) is 19.4 Å². The van der Waals surface area contributed by atoms with E-state index >= 15 is 0 Å². The minimum absolute atomic E-state index is 0.0190. The smallest absolute Gasteiger partial charge is 0.490 e. The number of hydrogen-bond acceptors (Lipinski definition) is 8. The Morgan fingerprint density at radius 3 is 2.08 bits per heavy atom. The normalized spacial score (nSPS) is 16.5. The van der Waals surface area contributed by atoms with Crippen LogP contribution >= 0.6 is 11.3 Å². The lowest BCUT2D eigenvalue weighted by Crippen LogP contribution is -2.42. The third-order valence-corrected chi connectivity index (χ3v) is 9.19. The number of thiophene rings is 1.